The van der Waals surface area contributed by atoms with E-state index in [9.17, 15) is 5.11 Å². The van der Waals surface area contributed by atoms with Gasteiger partial charge in [-0.2, -0.15) is 12.6 Å². The van der Waals surface area contributed by atoms with Crippen molar-refractivity contribution in [3.05, 3.63) is 24.2 Å². The van der Waals surface area contributed by atoms with Gasteiger partial charge in [-0.25, -0.2) is 0 Å². The first kappa shape index (κ1) is 11.7. The summed E-state index contributed by atoms with van der Waals surface area (Å²) in [4.78, 5) is 0. The van der Waals surface area contributed by atoms with Crippen molar-refractivity contribution in [2.75, 3.05) is 0 Å². The molecule has 3 heteroatoms. The summed E-state index contributed by atoms with van der Waals surface area (Å²) < 4.78 is 5.03. The monoisotopic (exact) mass is 214 g/mol. The number of hydrogen-bond donors (Lipinski definition) is 2. The average molecular weight is 214 g/mol. The molecular formula is C11H18O2S. The molecule has 0 amide bonds. The summed E-state index contributed by atoms with van der Waals surface area (Å²) in [5.41, 5.74) is -0.761. The lowest BCUT2D eigenvalue weighted by molar-refractivity contribution is 0.0390. The van der Waals surface area contributed by atoms with Crippen molar-refractivity contribution in [2.45, 2.75) is 44.0 Å². The Morgan fingerprint density at radius 1 is 1.43 bits per heavy atom. The Morgan fingerprint density at radius 2 is 2.07 bits per heavy atom. The van der Waals surface area contributed by atoms with E-state index >= 15 is 0 Å². The number of thiol groups is 1. The van der Waals surface area contributed by atoms with Crippen LogP contribution in [0.15, 0.2) is 22.8 Å². The first-order chi connectivity index (χ1) is 6.29. The van der Waals surface area contributed by atoms with Gasteiger partial charge in [0.25, 0.3) is 0 Å². The quantitative estimate of drug-likeness (QED) is 0.755. The molecule has 0 spiro atoms. The van der Waals surface area contributed by atoms with Crippen LogP contribution < -0.4 is 0 Å². The van der Waals surface area contributed by atoms with Gasteiger partial charge in [0.1, 0.15) is 5.76 Å². The number of rotatable bonds is 4. The van der Waals surface area contributed by atoms with E-state index in [1.807, 2.05) is 32.9 Å². The summed E-state index contributed by atoms with van der Waals surface area (Å²) >= 11 is 4.41. The molecule has 14 heavy (non-hydrogen) atoms. The fourth-order valence-corrected chi connectivity index (χ4v) is 2.12. The normalized spacial score (nSPS) is 16.6. The molecule has 0 aliphatic heterocycles. The van der Waals surface area contributed by atoms with E-state index in [-0.39, 0.29) is 4.75 Å². The van der Waals surface area contributed by atoms with Gasteiger partial charge in [-0.15, -0.1) is 0 Å². The van der Waals surface area contributed by atoms with Gasteiger partial charge in [-0.1, -0.05) is 13.8 Å². The first-order valence-corrected chi connectivity index (χ1v) is 5.20. The molecule has 0 aromatic carbocycles. The molecule has 1 aromatic rings. The molecule has 80 valence electrons. The van der Waals surface area contributed by atoms with Crippen molar-refractivity contribution in [3.63, 3.8) is 0 Å². The smallest absolute Gasteiger partial charge is 0.106 e. The summed E-state index contributed by atoms with van der Waals surface area (Å²) in [6, 6.07) is 3.71. The molecule has 1 heterocycles. The van der Waals surface area contributed by atoms with E-state index in [2.05, 4.69) is 12.6 Å². The molecule has 0 saturated heterocycles. The fraction of sp³-hybridized carbons (Fsp3) is 0.636. The predicted molar refractivity (Wildman–Crippen MR) is 60.7 cm³/mol. The van der Waals surface area contributed by atoms with Crippen molar-refractivity contribution in [2.24, 2.45) is 0 Å². The Morgan fingerprint density at radius 3 is 2.50 bits per heavy atom. The maximum absolute atomic E-state index is 10.1. The molecule has 0 unspecified atom stereocenters. The molecule has 2 nitrogen and oxygen atoms in total. The van der Waals surface area contributed by atoms with E-state index < -0.39 is 5.60 Å². The maximum Gasteiger partial charge on any atom is 0.106 e. The van der Waals surface area contributed by atoms with E-state index in [4.69, 9.17) is 4.42 Å². The van der Waals surface area contributed by atoms with E-state index in [0.717, 1.165) is 5.76 Å². The van der Waals surface area contributed by atoms with Crippen LogP contribution in [0.1, 0.15) is 33.0 Å². The summed E-state index contributed by atoms with van der Waals surface area (Å²) in [5, 5.41) is 10.1. The first-order valence-electron chi connectivity index (χ1n) is 4.76. The van der Waals surface area contributed by atoms with Crippen LogP contribution in [-0.2, 0) is 6.42 Å². The fourth-order valence-electron chi connectivity index (χ4n) is 1.78. The van der Waals surface area contributed by atoms with Crippen molar-refractivity contribution in [3.8, 4) is 0 Å². The zero-order chi connectivity index (χ0) is 10.8. The van der Waals surface area contributed by atoms with Gasteiger partial charge >= 0.3 is 0 Å². The Kier molecular flexibility index (Phi) is 3.32. The minimum Gasteiger partial charge on any atom is -0.469 e. The Labute approximate surface area is 90.7 Å². The van der Waals surface area contributed by atoms with Gasteiger partial charge in [0.2, 0.25) is 0 Å². The van der Waals surface area contributed by atoms with Gasteiger partial charge in [-0.05, 0) is 25.5 Å². The molecule has 1 rings (SSSR count). The van der Waals surface area contributed by atoms with Gasteiger partial charge in [-0.3, -0.25) is 0 Å². The average Bonchev–Trinajstić information content (AvgIpc) is 2.31. The molecule has 1 N–H and O–H groups in total. The highest BCUT2D eigenvalue weighted by Gasteiger charge is 2.29. The van der Waals surface area contributed by atoms with Gasteiger partial charge in [0.05, 0.1) is 11.9 Å². The molecule has 0 radical (unpaired) electrons. The molecule has 0 bridgehead atoms. The van der Waals surface area contributed by atoms with Crippen LogP contribution in [0.25, 0.3) is 0 Å². The largest absolute Gasteiger partial charge is 0.469 e. The van der Waals surface area contributed by atoms with Gasteiger partial charge in [0.15, 0.2) is 0 Å². The Balaban J connectivity index is 2.58. The highest BCUT2D eigenvalue weighted by Crippen LogP contribution is 2.28. The lowest BCUT2D eigenvalue weighted by Crippen LogP contribution is -2.34. The Hall–Kier alpha value is -0.410. The van der Waals surface area contributed by atoms with Crippen molar-refractivity contribution >= 4 is 12.6 Å². The van der Waals surface area contributed by atoms with Crippen molar-refractivity contribution in [1.29, 1.82) is 0 Å². The summed E-state index contributed by atoms with van der Waals surface area (Å²) in [6.07, 6.45) is 2.78. The SMILES string of the molecule is CC(C)(S)C[C@](C)(O)Cc1ccco1. The summed E-state index contributed by atoms with van der Waals surface area (Å²) in [6.45, 7) is 5.80. The third-order valence-corrected chi connectivity index (χ3v) is 2.11. The highest BCUT2D eigenvalue weighted by atomic mass is 32.1. The second kappa shape index (κ2) is 3.99. The summed E-state index contributed by atoms with van der Waals surface area (Å²) in [5.74, 6) is 0.813. The van der Waals surface area contributed by atoms with Crippen molar-refractivity contribution < 1.29 is 9.52 Å². The zero-order valence-corrected chi connectivity index (χ0v) is 9.84. The van der Waals surface area contributed by atoms with E-state index in [0.29, 0.717) is 12.8 Å². The molecule has 1 atom stereocenters. The molecule has 1 aromatic heterocycles. The minimum atomic E-state index is -0.761. The highest BCUT2D eigenvalue weighted by molar-refractivity contribution is 7.81. The van der Waals surface area contributed by atoms with Crippen LogP contribution in [0.3, 0.4) is 0 Å². The van der Waals surface area contributed by atoms with E-state index in [1.54, 1.807) is 6.26 Å². The zero-order valence-electron chi connectivity index (χ0n) is 8.95. The Bertz CT molecular complexity index is 270. The molecule has 0 fully saturated rings. The summed E-state index contributed by atoms with van der Waals surface area (Å²) in [7, 11) is 0. The maximum atomic E-state index is 10.1. The lowest BCUT2D eigenvalue weighted by Gasteiger charge is -2.29. The molecule has 0 aliphatic rings. The number of aliphatic hydroxyl groups is 1. The second-order valence-corrected chi connectivity index (χ2v) is 5.95. The molecule has 0 aliphatic carbocycles. The van der Waals surface area contributed by atoms with Gasteiger partial charge < -0.3 is 9.52 Å². The molecule has 0 saturated carbocycles. The number of furan rings is 1. The minimum absolute atomic E-state index is 0.171. The van der Waals surface area contributed by atoms with Gasteiger partial charge in [0, 0.05) is 11.2 Å². The second-order valence-electron chi connectivity index (χ2n) is 4.74. The van der Waals surface area contributed by atoms with E-state index in [1.165, 1.54) is 0 Å². The van der Waals surface area contributed by atoms with Crippen LogP contribution in [0.4, 0.5) is 0 Å². The third kappa shape index (κ3) is 4.20. The lowest BCUT2D eigenvalue weighted by atomic mass is 9.90. The third-order valence-electron chi connectivity index (χ3n) is 1.95. The van der Waals surface area contributed by atoms with Crippen LogP contribution in [-0.4, -0.2) is 15.5 Å². The standard InChI is InChI=1S/C11H18O2S/c1-10(2,14)8-11(3,12)7-9-5-4-6-13-9/h4-6,12,14H,7-8H2,1-3H3/t11-/m1/s1. The van der Waals surface area contributed by atoms with Crippen LogP contribution >= 0.6 is 12.6 Å². The predicted octanol–water partition coefficient (Wildman–Crippen LogP) is 2.67. The van der Waals surface area contributed by atoms with Crippen molar-refractivity contribution in [1.82, 2.24) is 0 Å². The van der Waals surface area contributed by atoms with Crippen LogP contribution in [0.5, 0.6) is 0 Å². The van der Waals surface area contributed by atoms with Crippen LogP contribution in [0, 0.1) is 0 Å². The topological polar surface area (TPSA) is 33.4 Å². The molecular weight excluding hydrogens is 196 g/mol. The van der Waals surface area contributed by atoms with Crippen LogP contribution in [0.2, 0.25) is 0 Å². The number of hydrogen-bond acceptors (Lipinski definition) is 3.